The van der Waals surface area contributed by atoms with Gasteiger partial charge in [0.1, 0.15) is 10.7 Å². The summed E-state index contributed by atoms with van der Waals surface area (Å²) < 4.78 is 42.5. The van der Waals surface area contributed by atoms with Crippen LogP contribution in [0.3, 0.4) is 0 Å². The highest BCUT2D eigenvalue weighted by Crippen LogP contribution is 2.23. The molecule has 10 heteroatoms. The molecule has 32 heavy (non-hydrogen) atoms. The van der Waals surface area contributed by atoms with Gasteiger partial charge in [0.2, 0.25) is 10.0 Å². The second-order valence-electron chi connectivity index (χ2n) is 7.38. The van der Waals surface area contributed by atoms with Crippen LogP contribution in [-0.4, -0.2) is 59.5 Å². The van der Waals surface area contributed by atoms with Gasteiger partial charge in [0.25, 0.3) is 5.91 Å². The molecule has 1 aliphatic heterocycles. The maximum Gasteiger partial charge on any atom is 0.257 e. The predicted molar refractivity (Wildman–Crippen MR) is 119 cm³/mol. The summed E-state index contributed by atoms with van der Waals surface area (Å²) in [6.07, 6.45) is 2.11. The fourth-order valence-corrected chi connectivity index (χ4v) is 5.49. The lowest BCUT2D eigenvalue weighted by molar-refractivity contribution is 0.0696. The van der Waals surface area contributed by atoms with E-state index >= 15 is 0 Å². The number of halogens is 2. The van der Waals surface area contributed by atoms with E-state index in [0.717, 1.165) is 17.4 Å². The van der Waals surface area contributed by atoms with Crippen molar-refractivity contribution < 1.29 is 17.6 Å². The zero-order valence-electron chi connectivity index (χ0n) is 17.4. The number of piperazine rings is 1. The molecule has 0 radical (unpaired) electrons. The van der Waals surface area contributed by atoms with E-state index in [2.05, 4.69) is 5.10 Å². The Hall–Kier alpha value is -2.75. The number of aromatic nitrogens is 2. The van der Waals surface area contributed by atoms with E-state index in [9.17, 15) is 17.6 Å². The zero-order valence-corrected chi connectivity index (χ0v) is 19.0. The molecule has 0 spiro atoms. The molecular formula is C22H22ClFN4O3S. The van der Waals surface area contributed by atoms with Crippen LogP contribution in [0.15, 0.2) is 59.6 Å². The highest BCUT2D eigenvalue weighted by atomic mass is 35.5. The first kappa shape index (κ1) is 22.4. The quantitative estimate of drug-likeness (QED) is 0.565. The molecule has 0 atom stereocenters. The van der Waals surface area contributed by atoms with Crippen LogP contribution in [0, 0.1) is 5.82 Å². The van der Waals surface area contributed by atoms with Crippen molar-refractivity contribution in [3.8, 4) is 5.69 Å². The molecule has 0 N–H and O–H groups in total. The first-order valence-electron chi connectivity index (χ1n) is 10.2. The second kappa shape index (κ2) is 9.01. The number of carbonyl (C=O) groups is 1. The van der Waals surface area contributed by atoms with Gasteiger partial charge in [-0.25, -0.2) is 17.5 Å². The number of amides is 1. The fourth-order valence-electron chi connectivity index (χ4n) is 3.82. The van der Waals surface area contributed by atoms with Crippen LogP contribution in [0.25, 0.3) is 5.69 Å². The van der Waals surface area contributed by atoms with E-state index in [-0.39, 0.29) is 37.0 Å². The Morgan fingerprint density at radius 2 is 1.81 bits per heavy atom. The lowest BCUT2D eigenvalue weighted by atomic mass is 10.1. The Morgan fingerprint density at radius 3 is 2.47 bits per heavy atom. The predicted octanol–water partition coefficient (Wildman–Crippen LogP) is 3.37. The van der Waals surface area contributed by atoms with E-state index in [1.807, 2.05) is 19.1 Å². The third-order valence-corrected chi connectivity index (χ3v) is 7.63. The van der Waals surface area contributed by atoms with E-state index in [0.29, 0.717) is 17.0 Å². The molecule has 1 aromatic heterocycles. The topological polar surface area (TPSA) is 75.5 Å². The Kier molecular flexibility index (Phi) is 6.32. The minimum absolute atomic E-state index is 0.0896. The molecule has 0 unspecified atom stereocenters. The fraction of sp³-hybridized carbons (Fsp3) is 0.273. The van der Waals surface area contributed by atoms with Gasteiger partial charge in [-0.1, -0.05) is 36.7 Å². The molecule has 1 saturated heterocycles. The molecule has 2 heterocycles. The van der Waals surface area contributed by atoms with Crippen molar-refractivity contribution in [2.75, 3.05) is 26.2 Å². The minimum Gasteiger partial charge on any atom is -0.336 e. The highest BCUT2D eigenvalue weighted by Gasteiger charge is 2.33. The average Bonchev–Trinajstić information content (AvgIpc) is 3.23. The summed E-state index contributed by atoms with van der Waals surface area (Å²) in [6, 6.07) is 12.5. The molecule has 2 aromatic carbocycles. The number of hydrogen-bond acceptors (Lipinski definition) is 4. The van der Waals surface area contributed by atoms with Gasteiger partial charge in [-0.15, -0.1) is 0 Å². The maximum absolute atomic E-state index is 14.0. The van der Waals surface area contributed by atoms with Crippen molar-refractivity contribution in [3.63, 3.8) is 0 Å². The Labute approximate surface area is 191 Å². The van der Waals surface area contributed by atoms with Crippen LogP contribution in [0.5, 0.6) is 0 Å². The summed E-state index contributed by atoms with van der Waals surface area (Å²) >= 11 is 6.09. The van der Waals surface area contributed by atoms with Gasteiger partial charge in [0, 0.05) is 31.2 Å². The summed E-state index contributed by atoms with van der Waals surface area (Å²) in [6.45, 7) is 2.53. The largest absolute Gasteiger partial charge is 0.336 e. The van der Waals surface area contributed by atoms with Crippen LogP contribution in [-0.2, 0) is 16.4 Å². The van der Waals surface area contributed by atoms with Crippen molar-refractivity contribution in [1.29, 1.82) is 0 Å². The molecule has 1 amide bonds. The lowest BCUT2D eigenvalue weighted by Gasteiger charge is -2.34. The monoisotopic (exact) mass is 476 g/mol. The van der Waals surface area contributed by atoms with Gasteiger partial charge < -0.3 is 4.90 Å². The molecule has 3 aromatic rings. The van der Waals surface area contributed by atoms with Crippen LogP contribution in [0.2, 0.25) is 5.02 Å². The number of sulfonamides is 1. The second-order valence-corrected chi connectivity index (χ2v) is 9.72. The van der Waals surface area contributed by atoms with E-state index < -0.39 is 15.8 Å². The van der Waals surface area contributed by atoms with E-state index in [4.69, 9.17) is 11.6 Å². The van der Waals surface area contributed by atoms with Gasteiger partial charge in [-0.3, -0.25) is 4.79 Å². The summed E-state index contributed by atoms with van der Waals surface area (Å²) in [5.74, 6) is -0.995. The molecule has 1 fully saturated rings. The van der Waals surface area contributed by atoms with Gasteiger partial charge in [-0.05, 0) is 36.8 Å². The summed E-state index contributed by atoms with van der Waals surface area (Å²) in [4.78, 5) is 14.4. The smallest absolute Gasteiger partial charge is 0.257 e. The zero-order chi connectivity index (χ0) is 22.9. The van der Waals surface area contributed by atoms with Crippen molar-refractivity contribution in [3.05, 3.63) is 76.8 Å². The van der Waals surface area contributed by atoms with Gasteiger partial charge in [0.05, 0.1) is 23.1 Å². The third-order valence-electron chi connectivity index (χ3n) is 5.47. The average molecular weight is 477 g/mol. The first-order chi connectivity index (χ1) is 15.3. The summed E-state index contributed by atoms with van der Waals surface area (Å²) in [5.41, 5.74) is 1.98. The van der Waals surface area contributed by atoms with Crippen molar-refractivity contribution in [2.45, 2.75) is 18.2 Å². The summed E-state index contributed by atoms with van der Waals surface area (Å²) in [7, 11) is -3.96. The van der Waals surface area contributed by atoms with Gasteiger partial charge >= 0.3 is 0 Å². The summed E-state index contributed by atoms with van der Waals surface area (Å²) in [5, 5.41) is 4.95. The highest BCUT2D eigenvalue weighted by molar-refractivity contribution is 7.89. The molecule has 4 rings (SSSR count). The molecule has 168 valence electrons. The minimum atomic E-state index is -3.96. The van der Waals surface area contributed by atoms with Gasteiger partial charge in [-0.2, -0.15) is 9.40 Å². The molecule has 0 bridgehead atoms. The van der Waals surface area contributed by atoms with Gasteiger partial charge in [0.15, 0.2) is 0 Å². The third kappa shape index (κ3) is 4.15. The van der Waals surface area contributed by atoms with Crippen molar-refractivity contribution >= 4 is 27.5 Å². The molecule has 1 aliphatic rings. The Morgan fingerprint density at radius 1 is 1.09 bits per heavy atom. The number of benzene rings is 2. The SMILES string of the molecule is CCc1c(C(=O)N2CCN(S(=O)(=O)c3ccccc3F)CC2)cnn1-c1cccc(Cl)c1. The lowest BCUT2D eigenvalue weighted by Crippen LogP contribution is -2.50. The first-order valence-corrected chi connectivity index (χ1v) is 12.0. The standard InChI is InChI=1S/C22H22ClFN4O3S/c1-2-20-18(15-25-28(20)17-7-5-6-16(23)14-17)22(29)26-10-12-27(13-11-26)32(30,31)21-9-4-3-8-19(21)24/h3-9,14-15H,2,10-13H2,1H3. The Bertz CT molecular complexity index is 1250. The van der Waals surface area contributed by atoms with Crippen molar-refractivity contribution in [2.24, 2.45) is 0 Å². The molecule has 0 saturated carbocycles. The van der Waals surface area contributed by atoms with E-state index in [1.54, 1.807) is 21.7 Å². The maximum atomic E-state index is 14.0. The molecule has 0 aliphatic carbocycles. The normalized spacial score (nSPS) is 15.2. The van der Waals surface area contributed by atoms with Crippen LogP contribution in [0.4, 0.5) is 4.39 Å². The van der Waals surface area contributed by atoms with Crippen molar-refractivity contribution in [1.82, 2.24) is 19.0 Å². The van der Waals surface area contributed by atoms with Crippen LogP contribution in [0.1, 0.15) is 23.0 Å². The van der Waals surface area contributed by atoms with E-state index in [1.165, 1.54) is 28.7 Å². The molecule has 7 nitrogen and oxygen atoms in total. The number of nitrogens with zero attached hydrogens (tertiary/aromatic N) is 4. The van der Waals surface area contributed by atoms with Crippen LogP contribution < -0.4 is 0 Å². The van der Waals surface area contributed by atoms with Crippen LogP contribution >= 0.6 is 11.6 Å². The molecular weight excluding hydrogens is 455 g/mol. The number of carbonyl (C=O) groups excluding carboxylic acids is 1. The number of rotatable bonds is 5. The number of hydrogen-bond donors (Lipinski definition) is 0. The Balaban J connectivity index is 1.51.